The number of nitrogens with zero attached hydrogens (tertiary/aromatic N) is 1. The molecule has 0 saturated heterocycles. The Morgan fingerprint density at radius 3 is 2.05 bits per heavy atom. The summed E-state index contributed by atoms with van der Waals surface area (Å²) in [7, 11) is 0. The van der Waals surface area contributed by atoms with Crippen molar-refractivity contribution in [2.24, 2.45) is 0 Å². The van der Waals surface area contributed by atoms with Crippen LogP contribution in [0.3, 0.4) is 0 Å². The molecule has 0 atom stereocenters. The van der Waals surface area contributed by atoms with Crippen LogP contribution in [-0.4, -0.2) is 4.98 Å². The van der Waals surface area contributed by atoms with Gasteiger partial charge in [-0.25, -0.2) is 0 Å². The fourth-order valence-corrected chi connectivity index (χ4v) is 2.33. The van der Waals surface area contributed by atoms with Crippen LogP contribution >= 0.6 is 0 Å². The molecule has 0 amide bonds. The summed E-state index contributed by atoms with van der Waals surface area (Å²) in [6.45, 7) is 0. The second-order valence-corrected chi connectivity index (χ2v) is 4.90. The fourth-order valence-electron chi connectivity index (χ4n) is 2.33. The van der Waals surface area contributed by atoms with Crippen molar-refractivity contribution in [1.82, 2.24) is 4.98 Å². The number of aromatic nitrogens is 1. The molecule has 0 N–H and O–H groups in total. The van der Waals surface area contributed by atoms with Crippen molar-refractivity contribution in [2.75, 3.05) is 0 Å². The number of hydrogen-bond acceptors (Lipinski definition) is 1. The second kappa shape index (κ2) is 6.16. The molecule has 98 valence electrons. The topological polar surface area (TPSA) is 12.9 Å². The van der Waals surface area contributed by atoms with E-state index >= 15 is 0 Å². The lowest BCUT2D eigenvalue weighted by molar-refractivity contribution is 0.956. The first-order valence-electron chi connectivity index (χ1n) is 6.96. The normalized spacial score (nSPS) is 10.4. The monoisotopic (exact) mass is 259 g/mol. The van der Waals surface area contributed by atoms with Crippen LogP contribution in [0.5, 0.6) is 0 Å². The lowest BCUT2D eigenvalue weighted by Crippen LogP contribution is -1.93. The van der Waals surface area contributed by atoms with E-state index < -0.39 is 0 Å². The maximum atomic E-state index is 4.46. The van der Waals surface area contributed by atoms with E-state index in [1.165, 1.54) is 16.7 Å². The van der Waals surface area contributed by atoms with E-state index in [9.17, 15) is 0 Å². The van der Waals surface area contributed by atoms with Gasteiger partial charge in [-0.2, -0.15) is 0 Å². The molecule has 0 saturated carbocycles. The summed E-state index contributed by atoms with van der Waals surface area (Å²) < 4.78 is 0. The standard InChI is InChI=1S/C19H17N/c1-3-7-16(8-4-1)11-12-17-13-14-20-19(15-17)18-9-5-2-6-10-18/h1-10,13-15H,11-12H2. The lowest BCUT2D eigenvalue weighted by atomic mass is 10.0. The summed E-state index contributed by atoms with van der Waals surface area (Å²) >= 11 is 0. The Hall–Kier alpha value is -2.41. The summed E-state index contributed by atoms with van der Waals surface area (Å²) in [6, 6.07) is 25.2. The third-order valence-electron chi connectivity index (χ3n) is 3.44. The van der Waals surface area contributed by atoms with E-state index in [0.29, 0.717) is 0 Å². The minimum absolute atomic E-state index is 1.05. The van der Waals surface area contributed by atoms with E-state index in [2.05, 4.69) is 59.6 Å². The fraction of sp³-hybridized carbons (Fsp3) is 0.105. The molecular formula is C19H17N. The van der Waals surface area contributed by atoms with Crippen LogP contribution in [0.4, 0.5) is 0 Å². The summed E-state index contributed by atoms with van der Waals surface area (Å²) in [5, 5.41) is 0. The van der Waals surface area contributed by atoms with Gasteiger partial charge in [-0.05, 0) is 36.1 Å². The second-order valence-electron chi connectivity index (χ2n) is 4.90. The Morgan fingerprint density at radius 2 is 1.30 bits per heavy atom. The van der Waals surface area contributed by atoms with Gasteiger partial charge in [0.2, 0.25) is 0 Å². The van der Waals surface area contributed by atoms with Crippen molar-refractivity contribution < 1.29 is 0 Å². The van der Waals surface area contributed by atoms with Gasteiger partial charge in [-0.15, -0.1) is 0 Å². The molecule has 0 radical (unpaired) electrons. The van der Waals surface area contributed by atoms with Crippen LogP contribution in [0, 0.1) is 0 Å². The summed E-state index contributed by atoms with van der Waals surface area (Å²) in [5.74, 6) is 0. The average Bonchev–Trinajstić information content (AvgIpc) is 2.55. The van der Waals surface area contributed by atoms with Gasteiger partial charge in [-0.1, -0.05) is 60.7 Å². The molecule has 0 unspecified atom stereocenters. The van der Waals surface area contributed by atoms with Crippen molar-refractivity contribution in [3.8, 4) is 11.3 Å². The molecule has 3 aromatic rings. The summed E-state index contributed by atoms with van der Waals surface area (Å²) in [6.07, 6.45) is 4.02. The van der Waals surface area contributed by atoms with Gasteiger partial charge in [-0.3, -0.25) is 4.98 Å². The van der Waals surface area contributed by atoms with Gasteiger partial charge in [0, 0.05) is 11.8 Å². The Morgan fingerprint density at radius 1 is 0.650 bits per heavy atom. The molecule has 1 aromatic heterocycles. The molecule has 1 nitrogen and oxygen atoms in total. The van der Waals surface area contributed by atoms with E-state index in [1.54, 1.807) is 0 Å². The van der Waals surface area contributed by atoms with Crippen molar-refractivity contribution in [3.63, 3.8) is 0 Å². The Balaban J connectivity index is 1.75. The first-order valence-corrected chi connectivity index (χ1v) is 6.96. The molecular weight excluding hydrogens is 242 g/mol. The predicted molar refractivity (Wildman–Crippen MR) is 83.5 cm³/mol. The zero-order chi connectivity index (χ0) is 13.6. The largest absolute Gasteiger partial charge is 0.256 e. The number of hydrogen-bond donors (Lipinski definition) is 0. The summed E-state index contributed by atoms with van der Waals surface area (Å²) in [5.41, 5.74) is 4.94. The first kappa shape index (κ1) is 12.6. The predicted octanol–water partition coefficient (Wildman–Crippen LogP) is 4.53. The highest BCUT2D eigenvalue weighted by molar-refractivity contribution is 5.59. The molecule has 3 rings (SSSR count). The zero-order valence-electron chi connectivity index (χ0n) is 11.4. The first-order chi connectivity index (χ1) is 9.92. The molecule has 2 aromatic carbocycles. The van der Waals surface area contributed by atoms with Crippen LogP contribution in [-0.2, 0) is 12.8 Å². The highest BCUT2D eigenvalue weighted by Crippen LogP contribution is 2.18. The number of pyridine rings is 1. The van der Waals surface area contributed by atoms with Gasteiger partial charge >= 0.3 is 0 Å². The Kier molecular flexibility index (Phi) is 3.88. The number of aryl methyl sites for hydroxylation is 2. The van der Waals surface area contributed by atoms with Gasteiger partial charge in [0.25, 0.3) is 0 Å². The maximum Gasteiger partial charge on any atom is 0.0704 e. The van der Waals surface area contributed by atoms with Crippen LogP contribution < -0.4 is 0 Å². The van der Waals surface area contributed by atoms with E-state index in [0.717, 1.165) is 18.5 Å². The SMILES string of the molecule is c1ccc(CCc2ccnc(-c3ccccc3)c2)cc1. The highest BCUT2D eigenvalue weighted by Gasteiger charge is 2.01. The van der Waals surface area contributed by atoms with Gasteiger partial charge in [0.1, 0.15) is 0 Å². The maximum absolute atomic E-state index is 4.46. The third-order valence-corrected chi connectivity index (χ3v) is 3.44. The molecule has 0 fully saturated rings. The number of benzene rings is 2. The van der Waals surface area contributed by atoms with Crippen molar-refractivity contribution in [3.05, 3.63) is 90.1 Å². The molecule has 0 aliphatic rings. The highest BCUT2D eigenvalue weighted by atomic mass is 14.7. The molecule has 0 aliphatic carbocycles. The quantitative estimate of drug-likeness (QED) is 0.670. The molecule has 20 heavy (non-hydrogen) atoms. The van der Waals surface area contributed by atoms with Crippen LogP contribution in [0.1, 0.15) is 11.1 Å². The van der Waals surface area contributed by atoms with Crippen molar-refractivity contribution in [2.45, 2.75) is 12.8 Å². The van der Waals surface area contributed by atoms with Gasteiger partial charge in [0.05, 0.1) is 5.69 Å². The lowest BCUT2D eigenvalue weighted by Gasteiger charge is -2.05. The molecule has 0 aliphatic heterocycles. The molecule has 0 spiro atoms. The van der Waals surface area contributed by atoms with Crippen LogP contribution in [0.15, 0.2) is 79.0 Å². The molecule has 1 heteroatoms. The minimum atomic E-state index is 1.05. The van der Waals surface area contributed by atoms with Crippen LogP contribution in [0.2, 0.25) is 0 Å². The summed E-state index contributed by atoms with van der Waals surface area (Å²) in [4.78, 5) is 4.46. The Labute approximate surface area is 119 Å². The Bertz CT molecular complexity index is 660. The molecule has 0 bridgehead atoms. The van der Waals surface area contributed by atoms with E-state index in [1.807, 2.05) is 24.4 Å². The van der Waals surface area contributed by atoms with Gasteiger partial charge < -0.3 is 0 Å². The number of rotatable bonds is 4. The minimum Gasteiger partial charge on any atom is -0.256 e. The third kappa shape index (κ3) is 3.12. The average molecular weight is 259 g/mol. The van der Waals surface area contributed by atoms with Gasteiger partial charge in [0.15, 0.2) is 0 Å². The van der Waals surface area contributed by atoms with E-state index in [4.69, 9.17) is 0 Å². The molecule has 1 heterocycles. The zero-order valence-corrected chi connectivity index (χ0v) is 11.4. The smallest absolute Gasteiger partial charge is 0.0704 e. The van der Waals surface area contributed by atoms with Crippen molar-refractivity contribution in [1.29, 1.82) is 0 Å². The van der Waals surface area contributed by atoms with Crippen LogP contribution in [0.25, 0.3) is 11.3 Å². The van der Waals surface area contributed by atoms with E-state index in [-0.39, 0.29) is 0 Å². The van der Waals surface area contributed by atoms with Crippen molar-refractivity contribution >= 4 is 0 Å².